The van der Waals surface area contributed by atoms with E-state index in [1.54, 1.807) is 12.1 Å². The second kappa shape index (κ2) is 6.91. The molecule has 0 spiro atoms. The van der Waals surface area contributed by atoms with E-state index in [4.69, 9.17) is 0 Å². The third-order valence-electron chi connectivity index (χ3n) is 5.19. The number of hydrogen-bond acceptors (Lipinski definition) is 3. The van der Waals surface area contributed by atoms with Crippen molar-refractivity contribution >= 4 is 15.7 Å². The van der Waals surface area contributed by atoms with Gasteiger partial charge in [0.05, 0.1) is 10.6 Å². The molecule has 0 bridgehead atoms. The van der Waals surface area contributed by atoms with Crippen molar-refractivity contribution in [1.82, 2.24) is 4.41 Å². The molecular weight excluding hydrogens is 368 g/mol. The molecule has 0 amide bonds. The Morgan fingerprint density at radius 2 is 1.43 bits per heavy atom. The molecule has 1 heterocycles. The van der Waals surface area contributed by atoms with Crippen LogP contribution in [0, 0.1) is 6.92 Å². The van der Waals surface area contributed by atoms with Gasteiger partial charge in [0, 0.05) is 6.42 Å². The molecule has 0 aromatic heterocycles. The maximum absolute atomic E-state index is 13.5. The Morgan fingerprint density at radius 3 is 2.04 bits per heavy atom. The van der Waals surface area contributed by atoms with Crippen LogP contribution in [0.2, 0.25) is 0 Å². The highest BCUT2D eigenvalue weighted by Crippen LogP contribution is 2.42. The van der Waals surface area contributed by atoms with E-state index < -0.39 is 15.6 Å². The highest BCUT2D eigenvalue weighted by atomic mass is 32.2. The predicted molar refractivity (Wildman–Crippen MR) is 112 cm³/mol. The molecule has 0 radical (unpaired) electrons. The molecule has 3 aromatic carbocycles. The van der Waals surface area contributed by atoms with E-state index >= 15 is 0 Å². The van der Waals surface area contributed by atoms with Gasteiger partial charge in [-0.15, -0.1) is 0 Å². The maximum Gasteiger partial charge on any atom is 0.279 e. The van der Waals surface area contributed by atoms with Crippen LogP contribution < -0.4 is 0 Å². The lowest BCUT2D eigenvalue weighted by atomic mass is 9.87. The Morgan fingerprint density at radius 1 is 0.857 bits per heavy atom. The van der Waals surface area contributed by atoms with Gasteiger partial charge in [-0.2, -0.15) is 17.9 Å². The Labute approximate surface area is 166 Å². The fourth-order valence-electron chi connectivity index (χ4n) is 3.58. The molecule has 4 nitrogen and oxygen atoms in total. The van der Waals surface area contributed by atoms with Crippen molar-refractivity contribution in [1.29, 1.82) is 0 Å². The van der Waals surface area contributed by atoms with E-state index in [9.17, 15) is 8.42 Å². The standard InChI is InChI=1S/C23H22N2O2S/c1-18-13-15-21(16-14-18)28(26,27)25-23(2,20-11-7-4-8-12-20)17-22(24-25)19-9-5-3-6-10-19/h3-16H,17H2,1-2H3/t23-/m0/s1. The van der Waals surface area contributed by atoms with Crippen LogP contribution >= 0.6 is 0 Å². The topological polar surface area (TPSA) is 49.7 Å². The first-order chi connectivity index (χ1) is 13.4. The lowest BCUT2D eigenvalue weighted by Crippen LogP contribution is -2.41. The molecule has 1 aliphatic rings. The zero-order valence-corrected chi connectivity index (χ0v) is 16.7. The molecule has 1 aliphatic heterocycles. The van der Waals surface area contributed by atoms with Gasteiger partial charge in [-0.25, -0.2) is 0 Å². The summed E-state index contributed by atoms with van der Waals surface area (Å²) in [5.41, 5.74) is 2.84. The molecule has 0 unspecified atom stereocenters. The van der Waals surface area contributed by atoms with Gasteiger partial charge in [0.25, 0.3) is 10.0 Å². The summed E-state index contributed by atoms with van der Waals surface area (Å²) in [6.45, 7) is 3.87. The lowest BCUT2D eigenvalue weighted by Gasteiger charge is -2.33. The number of hydrogen-bond donors (Lipinski definition) is 0. The molecule has 5 heteroatoms. The maximum atomic E-state index is 13.5. The van der Waals surface area contributed by atoms with Crippen LogP contribution in [0.25, 0.3) is 0 Å². The first kappa shape index (κ1) is 18.4. The van der Waals surface area contributed by atoms with E-state index in [0.717, 1.165) is 22.4 Å². The van der Waals surface area contributed by atoms with Crippen molar-refractivity contribution in [2.24, 2.45) is 5.10 Å². The number of hydrazone groups is 1. The molecule has 142 valence electrons. The van der Waals surface area contributed by atoms with E-state index in [1.165, 1.54) is 4.41 Å². The largest absolute Gasteiger partial charge is 0.279 e. The Hall–Kier alpha value is -2.92. The molecule has 3 aromatic rings. The normalized spacial score (nSPS) is 19.5. The van der Waals surface area contributed by atoms with Crippen molar-refractivity contribution in [2.75, 3.05) is 0 Å². The van der Waals surface area contributed by atoms with Crippen LogP contribution in [0.3, 0.4) is 0 Å². The second-order valence-corrected chi connectivity index (χ2v) is 9.06. The Kier molecular flexibility index (Phi) is 4.55. The summed E-state index contributed by atoms with van der Waals surface area (Å²) in [6, 6.07) is 26.4. The van der Waals surface area contributed by atoms with Crippen LogP contribution in [0.4, 0.5) is 0 Å². The molecule has 0 fully saturated rings. The van der Waals surface area contributed by atoms with E-state index in [1.807, 2.05) is 86.6 Å². The fourth-order valence-corrected chi connectivity index (χ4v) is 5.16. The van der Waals surface area contributed by atoms with E-state index in [-0.39, 0.29) is 4.90 Å². The van der Waals surface area contributed by atoms with Crippen LogP contribution in [-0.2, 0) is 15.6 Å². The minimum Gasteiger partial charge on any atom is -0.200 e. The van der Waals surface area contributed by atoms with Crippen molar-refractivity contribution in [3.8, 4) is 0 Å². The monoisotopic (exact) mass is 390 g/mol. The van der Waals surface area contributed by atoms with Gasteiger partial charge in [-0.3, -0.25) is 0 Å². The second-order valence-electron chi connectivity index (χ2n) is 7.29. The molecule has 0 saturated heterocycles. The summed E-state index contributed by atoms with van der Waals surface area (Å²) in [6.07, 6.45) is 0.506. The van der Waals surface area contributed by atoms with Crippen LogP contribution in [0.15, 0.2) is 94.9 Å². The molecule has 1 atom stereocenters. The van der Waals surface area contributed by atoms with Crippen LogP contribution in [-0.4, -0.2) is 18.5 Å². The minimum atomic E-state index is -3.81. The lowest BCUT2D eigenvalue weighted by molar-refractivity contribution is 0.248. The smallest absolute Gasteiger partial charge is 0.200 e. The number of benzene rings is 3. The quantitative estimate of drug-likeness (QED) is 0.648. The van der Waals surface area contributed by atoms with E-state index in [2.05, 4.69) is 5.10 Å². The highest BCUT2D eigenvalue weighted by Gasteiger charge is 2.47. The summed E-state index contributed by atoms with van der Waals surface area (Å²) >= 11 is 0. The summed E-state index contributed by atoms with van der Waals surface area (Å²) in [4.78, 5) is 0.248. The molecule has 28 heavy (non-hydrogen) atoms. The van der Waals surface area contributed by atoms with Crippen molar-refractivity contribution in [3.63, 3.8) is 0 Å². The van der Waals surface area contributed by atoms with Gasteiger partial charge in [0.2, 0.25) is 0 Å². The Balaban J connectivity index is 1.86. The zero-order valence-electron chi connectivity index (χ0n) is 15.9. The molecule has 0 aliphatic carbocycles. The first-order valence-electron chi connectivity index (χ1n) is 9.22. The van der Waals surface area contributed by atoms with Crippen LogP contribution in [0.1, 0.15) is 30.0 Å². The van der Waals surface area contributed by atoms with Gasteiger partial charge < -0.3 is 0 Å². The van der Waals surface area contributed by atoms with Crippen LogP contribution in [0.5, 0.6) is 0 Å². The molecular formula is C23H22N2O2S. The summed E-state index contributed by atoms with van der Waals surface area (Å²) in [5.74, 6) is 0. The molecule has 4 rings (SSSR count). The third-order valence-corrected chi connectivity index (χ3v) is 7.00. The van der Waals surface area contributed by atoms with Gasteiger partial charge in [-0.1, -0.05) is 78.4 Å². The molecule has 0 N–H and O–H groups in total. The van der Waals surface area contributed by atoms with Crippen molar-refractivity contribution in [2.45, 2.75) is 30.7 Å². The zero-order chi connectivity index (χ0) is 19.8. The number of aryl methyl sites for hydroxylation is 1. The summed E-state index contributed by atoms with van der Waals surface area (Å²) in [5, 5.41) is 4.62. The fraction of sp³-hybridized carbons (Fsp3) is 0.174. The number of rotatable bonds is 4. The van der Waals surface area contributed by atoms with Gasteiger partial charge in [0.1, 0.15) is 5.54 Å². The predicted octanol–water partition coefficient (Wildman–Crippen LogP) is 4.71. The average Bonchev–Trinajstić information content (AvgIpc) is 3.09. The van der Waals surface area contributed by atoms with Gasteiger partial charge in [0.15, 0.2) is 0 Å². The van der Waals surface area contributed by atoms with Gasteiger partial charge in [-0.05, 0) is 37.1 Å². The number of sulfonamides is 1. The minimum absolute atomic E-state index is 0.248. The van der Waals surface area contributed by atoms with Gasteiger partial charge >= 0.3 is 0 Å². The van der Waals surface area contributed by atoms with E-state index in [0.29, 0.717) is 6.42 Å². The highest BCUT2D eigenvalue weighted by molar-refractivity contribution is 7.89. The first-order valence-corrected chi connectivity index (χ1v) is 10.7. The summed E-state index contributed by atoms with van der Waals surface area (Å²) in [7, 11) is -3.81. The number of nitrogens with zero attached hydrogens (tertiary/aromatic N) is 2. The molecule has 0 saturated carbocycles. The third kappa shape index (κ3) is 3.12. The Bertz CT molecular complexity index is 1110. The van der Waals surface area contributed by atoms with Crippen molar-refractivity contribution in [3.05, 3.63) is 102 Å². The SMILES string of the molecule is Cc1ccc(S(=O)(=O)N2N=C(c3ccccc3)C[C@@]2(C)c2ccccc2)cc1. The average molecular weight is 391 g/mol. The van der Waals surface area contributed by atoms with Crippen molar-refractivity contribution < 1.29 is 8.42 Å². The summed E-state index contributed by atoms with van der Waals surface area (Å²) < 4.78 is 28.4.